The predicted molar refractivity (Wildman–Crippen MR) is 94.1 cm³/mol. The Bertz CT molecular complexity index is 584. The fraction of sp³-hybridized carbons (Fsp3) is 0.588. The summed E-state index contributed by atoms with van der Waals surface area (Å²) < 4.78 is 12.2. The van der Waals surface area contributed by atoms with Crippen LogP contribution in [0.5, 0.6) is 0 Å². The van der Waals surface area contributed by atoms with E-state index in [1.165, 1.54) is 0 Å². The first-order valence-electron chi connectivity index (χ1n) is 7.92. The number of nitrogens with one attached hydrogen (secondary N) is 1. The summed E-state index contributed by atoms with van der Waals surface area (Å²) in [4.78, 5) is 13.8. The molecule has 0 saturated carbocycles. The van der Waals surface area contributed by atoms with Crippen molar-refractivity contribution in [3.8, 4) is 0 Å². The second-order valence-electron chi connectivity index (χ2n) is 7.51. The van der Waals surface area contributed by atoms with Crippen molar-refractivity contribution in [3.63, 3.8) is 0 Å². The van der Waals surface area contributed by atoms with E-state index in [4.69, 9.17) is 9.31 Å². The summed E-state index contributed by atoms with van der Waals surface area (Å²) in [6, 6.07) is 5.90. The summed E-state index contributed by atoms with van der Waals surface area (Å²) in [6.45, 7) is 10.5. The number of rotatable bonds is 4. The van der Waals surface area contributed by atoms with Crippen molar-refractivity contribution in [2.75, 3.05) is 26.0 Å². The highest BCUT2D eigenvalue weighted by molar-refractivity contribution is 6.62. The number of aryl methyl sites for hydroxylation is 1. The molecule has 0 aliphatic carbocycles. The maximum absolute atomic E-state index is 12.0. The quantitative estimate of drug-likeness (QED) is 0.860. The molecule has 0 aromatic heterocycles. The average molecular weight is 318 g/mol. The van der Waals surface area contributed by atoms with Gasteiger partial charge < -0.3 is 19.5 Å². The van der Waals surface area contributed by atoms with Gasteiger partial charge in [0, 0.05) is 5.69 Å². The largest absolute Gasteiger partial charge is 0.494 e. The van der Waals surface area contributed by atoms with Crippen LogP contribution in [0.3, 0.4) is 0 Å². The van der Waals surface area contributed by atoms with Gasteiger partial charge in [0.1, 0.15) is 0 Å². The van der Waals surface area contributed by atoms with E-state index in [0.29, 0.717) is 6.54 Å². The molecule has 1 saturated heterocycles. The summed E-state index contributed by atoms with van der Waals surface area (Å²) in [6.07, 6.45) is 0. The Morgan fingerprint density at radius 1 is 1.13 bits per heavy atom. The van der Waals surface area contributed by atoms with Crippen LogP contribution in [0.4, 0.5) is 5.69 Å². The first kappa shape index (κ1) is 18.0. The number of amides is 1. The van der Waals surface area contributed by atoms with E-state index >= 15 is 0 Å². The third kappa shape index (κ3) is 4.13. The van der Waals surface area contributed by atoms with Gasteiger partial charge >= 0.3 is 7.12 Å². The van der Waals surface area contributed by atoms with Crippen molar-refractivity contribution < 1.29 is 14.1 Å². The molecular formula is C17H27BN2O3. The molecule has 1 N–H and O–H groups in total. The van der Waals surface area contributed by atoms with E-state index in [1.807, 2.05) is 71.8 Å². The number of carbonyl (C=O) groups excluding carboxylic acids is 1. The highest BCUT2D eigenvalue weighted by Gasteiger charge is 2.51. The predicted octanol–water partition coefficient (Wildman–Crippen LogP) is 1.79. The fourth-order valence-corrected chi connectivity index (χ4v) is 2.49. The Kier molecular flexibility index (Phi) is 4.90. The number of hydrogen-bond donors (Lipinski definition) is 1. The highest BCUT2D eigenvalue weighted by Crippen LogP contribution is 2.36. The van der Waals surface area contributed by atoms with Gasteiger partial charge in [0.25, 0.3) is 0 Å². The third-order valence-electron chi connectivity index (χ3n) is 4.37. The van der Waals surface area contributed by atoms with Gasteiger partial charge in [-0.25, -0.2) is 0 Å². The van der Waals surface area contributed by atoms with Gasteiger partial charge in [-0.1, -0.05) is 6.07 Å². The Balaban J connectivity index is 2.20. The van der Waals surface area contributed by atoms with E-state index in [1.54, 1.807) is 0 Å². The van der Waals surface area contributed by atoms with Crippen molar-refractivity contribution in [3.05, 3.63) is 23.8 Å². The maximum Gasteiger partial charge on any atom is 0.494 e. The van der Waals surface area contributed by atoms with Gasteiger partial charge in [-0.2, -0.15) is 0 Å². The number of likely N-dealkylation sites (N-methyl/N-ethyl adjacent to an activating group) is 1. The molecule has 6 heteroatoms. The smallest absolute Gasteiger partial charge is 0.399 e. The monoisotopic (exact) mass is 318 g/mol. The molecule has 1 fully saturated rings. The zero-order valence-electron chi connectivity index (χ0n) is 15.2. The van der Waals surface area contributed by atoms with Crippen LogP contribution in [0.2, 0.25) is 0 Å². The molecule has 1 aliphatic heterocycles. The molecule has 0 unspecified atom stereocenters. The average Bonchev–Trinajstić information content (AvgIpc) is 2.56. The lowest BCUT2D eigenvalue weighted by Gasteiger charge is -2.32. The Morgan fingerprint density at radius 2 is 1.70 bits per heavy atom. The number of carbonyl (C=O) groups is 1. The van der Waals surface area contributed by atoms with Crippen LogP contribution < -0.4 is 10.8 Å². The van der Waals surface area contributed by atoms with Crippen molar-refractivity contribution in [2.45, 2.75) is 45.8 Å². The molecule has 126 valence electrons. The van der Waals surface area contributed by atoms with Crippen LogP contribution in [-0.4, -0.2) is 49.8 Å². The molecule has 1 heterocycles. The standard InChI is InChI=1S/C17H27BN2O3/c1-12-8-13(18-22-16(2,3)17(4,5)23-18)10-14(9-12)19-15(21)11-20(6)7/h8-10H,11H2,1-7H3,(H,19,21). The minimum absolute atomic E-state index is 0.0412. The van der Waals surface area contributed by atoms with E-state index < -0.39 is 7.12 Å². The van der Waals surface area contributed by atoms with Crippen molar-refractivity contribution in [1.82, 2.24) is 4.90 Å². The zero-order valence-corrected chi connectivity index (χ0v) is 15.2. The first-order chi connectivity index (χ1) is 10.5. The molecule has 23 heavy (non-hydrogen) atoms. The van der Waals surface area contributed by atoms with Crippen LogP contribution in [0.1, 0.15) is 33.3 Å². The van der Waals surface area contributed by atoms with Crippen molar-refractivity contribution in [2.24, 2.45) is 0 Å². The lowest BCUT2D eigenvalue weighted by atomic mass is 9.78. The molecule has 0 radical (unpaired) electrons. The number of benzene rings is 1. The molecule has 1 aromatic rings. The first-order valence-corrected chi connectivity index (χ1v) is 7.92. The Labute approximate surface area is 139 Å². The van der Waals surface area contributed by atoms with Gasteiger partial charge in [0.2, 0.25) is 5.91 Å². The van der Waals surface area contributed by atoms with Gasteiger partial charge in [0.05, 0.1) is 17.7 Å². The molecule has 2 rings (SSSR count). The van der Waals surface area contributed by atoms with Gasteiger partial charge in [0.15, 0.2) is 0 Å². The van der Waals surface area contributed by atoms with Gasteiger partial charge in [-0.05, 0) is 71.9 Å². The van der Waals surface area contributed by atoms with Crippen LogP contribution in [-0.2, 0) is 14.1 Å². The molecule has 1 aliphatic rings. The van der Waals surface area contributed by atoms with Crippen LogP contribution in [0.15, 0.2) is 18.2 Å². The van der Waals surface area contributed by atoms with Crippen molar-refractivity contribution >= 4 is 24.2 Å². The topological polar surface area (TPSA) is 50.8 Å². The number of hydrogen-bond acceptors (Lipinski definition) is 4. The van der Waals surface area contributed by atoms with Gasteiger partial charge in [-0.3, -0.25) is 4.79 Å². The Morgan fingerprint density at radius 3 is 2.22 bits per heavy atom. The second-order valence-corrected chi connectivity index (χ2v) is 7.51. The molecule has 1 amide bonds. The molecule has 0 atom stereocenters. The number of anilines is 1. The van der Waals surface area contributed by atoms with Crippen LogP contribution >= 0.6 is 0 Å². The zero-order chi connectivity index (χ0) is 17.4. The van der Waals surface area contributed by atoms with Crippen LogP contribution in [0, 0.1) is 6.92 Å². The molecule has 1 aromatic carbocycles. The third-order valence-corrected chi connectivity index (χ3v) is 4.37. The molecule has 0 bridgehead atoms. The second kappa shape index (κ2) is 6.26. The van der Waals surface area contributed by atoms with E-state index in [2.05, 4.69) is 5.32 Å². The fourth-order valence-electron chi connectivity index (χ4n) is 2.49. The van der Waals surface area contributed by atoms with E-state index in [0.717, 1.165) is 16.7 Å². The van der Waals surface area contributed by atoms with E-state index in [-0.39, 0.29) is 17.1 Å². The maximum atomic E-state index is 12.0. The summed E-state index contributed by atoms with van der Waals surface area (Å²) in [5, 5.41) is 2.93. The minimum Gasteiger partial charge on any atom is -0.399 e. The lowest BCUT2D eigenvalue weighted by Crippen LogP contribution is -2.41. The SMILES string of the molecule is Cc1cc(NC(=O)CN(C)C)cc(B2OC(C)(C)C(C)(C)O2)c1. The normalized spacial score (nSPS) is 19.2. The highest BCUT2D eigenvalue weighted by atomic mass is 16.7. The Hall–Kier alpha value is -1.37. The van der Waals surface area contributed by atoms with E-state index in [9.17, 15) is 4.79 Å². The molecule has 5 nitrogen and oxygen atoms in total. The van der Waals surface area contributed by atoms with Gasteiger partial charge in [-0.15, -0.1) is 0 Å². The molecular weight excluding hydrogens is 291 g/mol. The summed E-state index contributed by atoms with van der Waals surface area (Å²) in [5.74, 6) is -0.0412. The lowest BCUT2D eigenvalue weighted by molar-refractivity contribution is -0.116. The minimum atomic E-state index is -0.426. The summed E-state index contributed by atoms with van der Waals surface area (Å²) in [5.41, 5.74) is 1.98. The summed E-state index contributed by atoms with van der Waals surface area (Å²) in [7, 11) is 3.31. The number of nitrogens with zero attached hydrogens (tertiary/aromatic N) is 1. The van der Waals surface area contributed by atoms with Crippen LogP contribution in [0.25, 0.3) is 0 Å². The van der Waals surface area contributed by atoms with Crippen molar-refractivity contribution in [1.29, 1.82) is 0 Å². The molecule has 0 spiro atoms. The summed E-state index contributed by atoms with van der Waals surface area (Å²) >= 11 is 0.